The van der Waals surface area contributed by atoms with Gasteiger partial charge in [0.1, 0.15) is 5.17 Å². The van der Waals surface area contributed by atoms with Crippen LogP contribution in [0.3, 0.4) is 0 Å². The van der Waals surface area contributed by atoms with Crippen molar-refractivity contribution in [2.75, 3.05) is 0 Å². The zero-order chi connectivity index (χ0) is 13.1. The van der Waals surface area contributed by atoms with E-state index in [0.29, 0.717) is 5.17 Å². The van der Waals surface area contributed by atoms with Gasteiger partial charge in [-0.1, -0.05) is 78.3 Å². The molecule has 0 fully saturated rings. The fourth-order valence-corrected chi connectivity index (χ4v) is 2.27. The van der Waals surface area contributed by atoms with E-state index in [4.69, 9.17) is 11.6 Å². The van der Waals surface area contributed by atoms with Crippen molar-refractivity contribution in [1.29, 1.82) is 0 Å². The van der Waals surface area contributed by atoms with Gasteiger partial charge in [-0.25, -0.2) is 4.99 Å². The quantitative estimate of drug-likeness (QED) is 0.568. The summed E-state index contributed by atoms with van der Waals surface area (Å²) in [5, 5.41) is 2.79. The SMILES string of the molecule is ClC(=Nc1cccc2ccccc12)c1ccccc1. The zero-order valence-corrected chi connectivity index (χ0v) is 11.0. The summed E-state index contributed by atoms with van der Waals surface area (Å²) in [5.74, 6) is 0. The van der Waals surface area contributed by atoms with Crippen molar-refractivity contribution < 1.29 is 0 Å². The normalized spacial score (nSPS) is 11.7. The molecule has 3 aromatic rings. The molecule has 3 aromatic carbocycles. The molecule has 0 radical (unpaired) electrons. The first-order chi connectivity index (χ1) is 9.34. The molecule has 0 N–H and O–H groups in total. The maximum Gasteiger partial charge on any atom is 0.136 e. The van der Waals surface area contributed by atoms with Gasteiger partial charge in [0.25, 0.3) is 0 Å². The molecule has 0 atom stereocenters. The number of benzene rings is 3. The second-order valence-electron chi connectivity index (χ2n) is 4.27. The maximum atomic E-state index is 6.29. The average Bonchev–Trinajstić information content (AvgIpc) is 2.48. The van der Waals surface area contributed by atoms with Crippen LogP contribution in [0, 0.1) is 0 Å². The molecule has 19 heavy (non-hydrogen) atoms. The summed E-state index contributed by atoms with van der Waals surface area (Å²) < 4.78 is 0. The van der Waals surface area contributed by atoms with Crippen LogP contribution in [0.5, 0.6) is 0 Å². The number of rotatable bonds is 2. The first-order valence-electron chi connectivity index (χ1n) is 6.12. The molecule has 0 heterocycles. The maximum absolute atomic E-state index is 6.29. The summed E-state index contributed by atoms with van der Waals surface area (Å²) in [5.41, 5.74) is 1.82. The van der Waals surface area contributed by atoms with E-state index in [0.717, 1.165) is 16.6 Å². The van der Waals surface area contributed by atoms with E-state index in [1.807, 2.05) is 54.6 Å². The van der Waals surface area contributed by atoms with E-state index in [9.17, 15) is 0 Å². The summed E-state index contributed by atoms with van der Waals surface area (Å²) in [4.78, 5) is 4.54. The molecule has 0 saturated carbocycles. The molecule has 0 aliphatic heterocycles. The molecule has 0 bridgehead atoms. The Balaban J connectivity index is 2.11. The third-order valence-electron chi connectivity index (χ3n) is 3.00. The molecule has 0 spiro atoms. The molecule has 2 heteroatoms. The Labute approximate surface area is 117 Å². The second-order valence-corrected chi connectivity index (χ2v) is 4.62. The van der Waals surface area contributed by atoms with Crippen LogP contribution in [-0.2, 0) is 0 Å². The van der Waals surface area contributed by atoms with Crippen LogP contribution in [0.15, 0.2) is 77.8 Å². The van der Waals surface area contributed by atoms with Crippen LogP contribution < -0.4 is 0 Å². The molecule has 0 aliphatic carbocycles. The lowest BCUT2D eigenvalue weighted by Gasteiger charge is -2.03. The molecular weight excluding hydrogens is 254 g/mol. The highest BCUT2D eigenvalue weighted by Crippen LogP contribution is 2.26. The minimum atomic E-state index is 0.511. The Kier molecular flexibility index (Phi) is 3.30. The van der Waals surface area contributed by atoms with Gasteiger partial charge in [0.2, 0.25) is 0 Å². The summed E-state index contributed by atoms with van der Waals surface area (Å²) in [6, 6.07) is 24.0. The van der Waals surface area contributed by atoms with Gasteiger partial charge in [-0.3, -0.25) is 0 Å². The van der Waals surface area contributed by atoms with Crippen molar-refractivity contribution in [3.05, 3.63) is 78.4 Å². The molecule has 1 nitrogen and oxygen atoms in total. The molecule has 0 unspecified atom stereocenters. The topological polar surface area (TPSA) is 12.4 Å². The smallest absolute Gasteiger partial charge is 0.136 e. The zero-order valence-electron chi connectivity index (χ0n) is 10.3. The molecule has 0 aliphatic rings. The van der Waals surface area contributed by atoms with Crippen molar-refractivity contribution in [1.82, 2.24) is 0 Å². The lowest BCUT2D eigenvalue weighted by atomic mass is 10.1. The third kappa shape index (κ3) is 2.51. The van der Waals surface area contributed by atoms with E-state index in [2.05, 4.69) is 23.2 Å². The van der Waals surface area contributed by atoms with Crippen molar-refractivity contribution >= 4 is 33.2 Å². The molecule has 0 aromatic heterocycles. The lowest BCUT2D eigenvalue weighted by molar-refractivity contribution is 1.55. The van der Waals surface area contributed by atoms with Crippen molar-refractivity contribution in [2.45, 2.75) is 0 Å². The molecule has 3 rings (SSSR count). The molecule has 92 valence electrons. The van der Waals surface area contributed by atoms with Crippen molar-refractivity contribution in [3.63, 3.8) is 0 Å². The van der Waals surface area contributed by atoms with Crippen molar-refractivity contribution in [2.24, 2.45) is 4.99 Å². The van der Waals surface area contributed by atoms with Gasteiger partial charge >= 0.3 is 0 Å². The summed E-state index contributed by atoms with van der Waals surface area (Å²) in [6.07, 6.45) is 0. The lowest BCUT2D eigenvalue weighted by Crippen LogP contribution is -1.89. The van der Waals surface area contributed by atoms with E-state index in [-0.39, 0.29) is 0 Å². The van der Waals surface area contributed by atoms with E-state index < -0.39 is 0 Å². The number of hydrogen-bond donors (Lipinski definition) is 0. The summed E-state index contributed by atoms with van der Waals surface area (Å²) in [6.45, 7) is 0. The number of fused-ring (bicyclic) bond motifs is 1. The highest BCUT2D eigenvalue weighted by molar-refractivity contribution is 6.69. The van der Waals surface area contributed by atoms with Gasteiger partial charge in [0.05, 0.1) is 5.69 Å². The Morgan fingerprint density at radius 2 is 1.42 bits per heavy atom. The number of halogens is 1. The molecule has 0 amide bonds. The Hall–Kier alpha value is -2.12. The van der Waals surface area contributed by atoms with E-state index in [1.165, 1.54) is 5.39 Å². The molecule has 0 saturated heterocycles. The van der Waals surface area contributed by atoms with Crippen LogP contribution in [0.4, 0.5) is 5.69 Å². The first kappa shape index (κ1) is 11.9. The highest BCUT2D eigenvalue weighted by atomic mass is 35.5. The van der Waals surface area contributed by atoms with Gasteiger partial charge in [-0.15, -0.1) is 0 Å². The van der Waals surface area contributed by atoms with Crippen LogP contribution >= 0.6 is 11.6 Å². The Morgan fingerprint density at radius 1 is 0.737 bits per heavy atom. The number of aliphatic imine (C=N–C) groups is 1. The highest BCUT2D eigenvalue weighted by Gasteiger charge is 2.02. The van der Waals surface area contributed by atoms with Gasteiger partial charge in [0, 0.05) is 10.9 Å². The fraction of sp³-hybridized carbons (Fsp3) is 0. The van der Waals surface area contributed by atoms with E-state index >= 15 is 0 Å². The second kappa shape index (κ2) is 5.25. The summed E-state index contributed by atoms with van der Waals surface area (Å²) in [7, 11) is 0. The van der Waals surface area contributed by atoms with Gasteiger partial charge < -0.3 is 0 Å². The Morgan fingerprint density at radius 3 is 2.26 bits per heavy atom. The minimum Gasteiger partial charge on any atom is -0.235 e. The number of hydrogen-bond acceptors (Lipinski definition) is 1. The Bertz CT molecular complexity index is 727. The van der Waals surface area contributed by atoms with Crippen LogP contribution in [0.2, 0.25) is 0 Å². The largest absolute Gasteiger partial charge is 0.235 e. The van der Waals surface area contributed by atoms with Crippen LogP contribution in [-0.4, -0.2) is 5.17 Å². The third-order valence-corrected chi connectivity index (χ3v) is 3.30. The predicted octanol–water partition coefficient (Wildman–Crippen LogP) is 5.16. The van der Waals surface area contributed by atoms with Crippen LogP contribution in [0.25, 0.3) is 10.8 Å². The van der Waals surface area contributed by atoms with E-state index in [1.54, 1.807) is 0 Å². The van der Waals surface area contributed by atoms with Gasteiger partial charge in [0.15, 0.2) is 0 Å². The number of nitrogens with zero attached hydrogens (tertiary/aromatic N) is 1. The monoisotopic (exact) mass is 265 g/mol. The first-order valence-corrected chi connectivity index (χ1v) is 6.50. The van der Waals surface area contributed by atoms with Gasteiger partial charge in [-0.05, 0) is 11.5 Å². The summed E-state index contributed by atoms with van der Waals surface area (Å²) >= 11 is 6.29. The minimum absolute atomic E-state index is 0.511. The van der Waals surface area contributed by atoms with Crippen molar-refractivity contribution in [3.8, 4) is 0 Å². The van der Waals surface area contributed by atoms with Crippen LogP contribution in [0.1, 0.15) is 5.56 Å². The standard InChI is InChI=1S/C17H12ClN/c18-17(14-8-2-1-3-9-14)19-16-12-6-10-13-7-4-5-11-15(13)16/h1-12H. The average molecular weight is 266 g/mol. The van der Waals surface area contributed by atoms with Gasteiger partial charge in [-0.2, -0.15) is 0 Å². The predicted molar refractivity (Wildman–Crippen MR) is 82.4 cm³/mol. The molecular formula is C17H12ClN. The fourth-order valence-electron chi connectivity index (χ4n) is 2.05.